The van der Waals surface area contributed by atoms with Crippen LogP contribution in [0.2, 0.25) is 0 Å². The van der Waals surface area contributed by atoms with Crippen LogP contribution in [0.1, 0.15) is 47.2 Å². The fraction of sp³-hybridized carbons (Fsp3) is 0.0606. The van der Waals surface area contributed by atoms with Crippen molar-refractivity contribution in [2.75, 3.05) is 9.80 Å². The molecule has 11 aromatic rings. The minimum atomic E-state index is -0.474. The zero-order valence-corrected chi connectivity index (χ0v) is 38.0. The van der Waals surface area contributed by atoms with E-state index in [1.807, 2.05) is 0 Å². The molecule has 0 saturated heterocycles. The lowest BCUT2D eigenvalue weighted by Gasteiger charge is -2.44. The predicted octanol–water partition coefficient (Wildman–Crippen LogP) is 17.6. The van der Waals surface area contributed by atoms with Gasteiger partial charge >= 0.3 is 0 Å². The lowest BCUT2D eigenvalue weighted by Crippen LogP contribution is -2.31. The van der Waals surface area contributed by atoms with Gasteiger partial charge in [-0.15, -0.1) is 0 Å². The molecule has 2 aliphatic carbocycles. The Balaban J connectivity index is 1.06. The summed E-state index contributed by atoms with van der Waals surface area (Å²) in [6.45, 7) is 4.77. The molecule has 14 rings (SSSR count). The van der Waals surface area contributed by atoms with Crippen LogP contribution in [-0.2, 0) is 10.8 Å². The van der Waals surface area contributed by atoms with E-state index in [4.69, 9.17) is 0 Å². The molecule has 2 heteroatoms. The topological polar surface area (TPSA) is 6.48 Å². The molecule has 0 unspecified atom stereocenters. The second-order valence-electron chi connectivity index (χ2n) is 19.2. The third kappa shape index (κ3) is 5.29. The van der Waals surface area contributed by atoms with E-state index in [1.54, 1.807) is 0 Å². The molecule has 1 aliphatic heterocycles. The number of anilines is 6. The maximum Gasteiger partial charge on any atom is 0.0781 e. The Hall–Kier alpha value is -8.46. The van der Waals surface area contributed by atoms with Crippen molar-refractivity contribution < 1.29 is 0 Å². The van der Waals surface area contributed by atoms with Crippen LogP contribution in [0.15, 0.2) is 243 Å². The van der Waals surface area contributed by atoms with E-state index in [2.05, 4.69) is 266 Å². The normalized spacial score (nSPS) is 14.2. The summed E-state index contributed by atoms with van der Waals surface area (Å²) in [7, 11) is 0. The van der Waals surface area contributed by atoms with Gasteiger partial charge in [0.05, 0.1) is 28.2 Å². The van der Waals surface area contributed by atoms with Crippen LogP contribution >= 0.6 is 0 Å². The smallest absolute Gasteiger partial charge is 0.0781 e. The van der Waals surface area contributed by atoms with E-state index in [1.165, 1.54) is 99.7 Å². The minimum absolute atomic E-state index is 0.263. The van der Waals surface area contributed by atoms with Gasteiger partial charge in [0.15, 0.2) is 0 Å². The number of rotatable bonds is 5. The van der Waals surface area contributed by atoms with Gasteiger partial charge in [-0.3, -0.25) is 0 Å². The summed E-state index contributed by atoms with van der Waals surface area (Å²) in [4.78, 5) is 5.11. The highest BCUT2D eigenvalue weighted by molar-refractivity contribution is 6.09. The van der Waals surface area contributed by atoms with Gasteiger partial charge in [-0.25, -0.2) is 0 Å². The monoisotopic (exact) mass is 866 g/mol. The van der Waals surface area contributed by atoms with Crippen molar-refractivity contribution in [3.63, 3.8) is 0 Å². The average molecular weight is 867 g/mol. The first-order valence-electron chi connectivity index (χ1n) is 23.8. The van der Waals surface area contributed by atoms with Gasteiger partial charge in [0.2, 0.25) is 0 Å². The summed E-state index contributed by atoms with van der Waals surface area (Å²) in [6.07, 6.45) is 0. The fourth-order valence-electron chi connectivity index (χ4n) is 12.5. The van der Waals surface area contributed by atoms with E-state index in [0.717, 1.165) is 22.7 Å². The van der Waals surface area contributed by atoms with E-state index < -0.39 is 5.41 Å². The van der Waals surface area contributed by atoms with Crippen LogP contribution in [0.3, 0.4) is 0 Å². The first kappa shape index (κ1) is 38.8. The molecule has 1 spiro atoms. The summed E-state index contributed by atoms with van der Waals surface area (Å²) in [5.74, 6) is 0. The Bertz CT molecular complexity index is 3790. The SMILES string of the molecule is CC1(C)c2ccccc2N(c2c(N(c3ccccc3)c3ccc4c(c3)C3(c5ccccc5-c5ccccc53)c3ccccc3-4)ccc3ccccc23)c2cc(-c3cccc4ccccc34)ccc21. The van der Waals surface area contributed by atoms with Gasteiger partial charge in [0, 0.05) is 22.2 Å². The lowest BCUT2D eigenvalue weighted by molar-refractivity contribution is 0.632. The lowest BCUT2D eigenvalue weighted by atomic mass is 9.70. The van der Waals surface area contributed by atoms with Crippen LogP contribution < -0.4 is 9.80 Å². The van der Waals surface area contributed by atoms with Crippen LogP contribution in [0.5, 0.6) is 0 Å². The number of hydrogen-bond donors (Lipinski definition) is 0. The van der Waals surface area contributed by atoms with Crippen LogP contribution in [0.4, 0.5) is 34.1 Å². The molecule has 11 aromatic carbocycles. The molecule has 3 aliphatic rings. The van der Waals surface area contributed by atoms with Crippen molar-refractivity contribution in [1.82, 2.24) is 0 Å². The van der Waals surface area contributed by atoms with Crippen molar-refractivity contribution in [2.45, 2.75) is 24.7 Å². The van der Waals surface area contributed by atoms with Crippen molar-refractivity contribution in [1.29, 1.82) is 0 Å². The molecule has 0 aromatic heterocycles. The molecule has 2 nitrogen and oxygen atoms in total. The largest absolute Gasteiger partial charge is 0.308 e. The van der Waals surface area contributed by atoms with Crippen LogP contribution in [0.25, 0.3) is 54.9 Å². The first-order valence-corrected chi connectivity index (χ1v) is 23.8. The van der Waals surface area contributed by atoms with Gasteiger partial charge in [-0.05, 0) is 125 Å². The highest BCUT2D eigenvalue weighted by Gasteiger charge is 2.52. The molecular weight excluding hydrogens is 821 g/mol. The number of para-hydroxylation sites is 2. The van der Waals surface area contributed by atoms with Gasteiger partial charge in [0.25, 0.3) is 0 Å². The van der Waals surface area contributed by atoms with E-state index in [-0.39, 0.29) is 5.41 Å². The van der Waals surface area contributed by atoms with Crippen LogP contribution in [0, 0.1) is 0 Å². The van der Waals surface area contributed by atoms with Crippen LogP contribution in [-0.4, -0.2) is 0 Å². The second-order valence-corrected chi connectivity index (χ2v) is 19.2. The van der Waals surface area contributed by atoms with Crippen molar-refractivity contribution in [2.24, 2.45) is 0 Å². The van der Waals surface area contributed by atoms with Gasteiger partial charge in [-0.1, -0.05) is 214 Å². The second kappa shape index (κ2) is 14.5. The maximum atomic E-state index is 2.59. The first-order chi connectivity index (χ1) is 33.5. The van der Waals surface area contributed by atoms with Crippen molar-refractivity contribution >= 4 is 55.7 Å². The predicted molar refractivity (Wildman–Crippen MR) is 285 cm³/mol. The Morgan fingerprint density at radius 3 is 1.57 bits per heavy atom. The van der Waals surface area contributed by atoms with Gasteiger partial charge in [0.1, 0.15) is 0 Å². The molecule has 0 atom stereocenters. The fourth-order valence-corrected chi connectivity index (χ4v) is 12.5. The van der Waals surface area contributed by atoms with Gasteiger partial charge < -0.3 is 9.80 Å². The summed E-state index contributed by atoms with van der Waals surface area (Å²) in [5.41, 5.74) is 21.6. The van der Waals surface area contributed by atoms with Gasteiger partial charge in [-0.2, -0.15) is 0 Å². The zero-order chi connectivity index (χ0) is 45.1. The van der Waals surface area contributed by atoms with E-state index >= 15 is 0 Å². The Labute approximate surface area is 397 Å². The quantitative estimate of drug-likeness (QED) is 0.170. The average Bonchev–Trinajstić information content (AvgIpc) is 3.86. The van der Waals surface area contributed by atoms with E-state index in [9.17, 15) is 0 Å². The number of benzene rings is 11. The molecule has 68 heavy (non-hydrogen) atoms. The Morgan fingerprint density at radius 1 is 0.338 bits per heavy atom. The number of nitrogens with zero attached hydrogens (tertiary/aromatic N) is 2. The maximum absolute atomic E-state index is 2.59. The standard InChI is InChI=1S/C66H46N2/c1-65(2)58-33-16-17-34-61(58)68(63-41-45(35-39-59(63)65)49-29-18-21-43-19-6-8-24-48(43)49)64-50-25-9-7-20-44(50)36-40-62(64)67(46-22-4-3-5-23-46)47-37-38-54-53-28-12-15-32-57(53)66(60(54)42-47)55-30-13-10-26-51(55)52-27-11-14-31-56(52)66/h3-42H,1-2H3. The van der Waals surface area contributed by atoms with Crippen molar-refractivity contribution in [3.8, 4) is 33.4 Å². The summed E-state index contributed by atoms with van der Waals surface area (Å²) < 4.78 is 0. The summed E-state index contributed by atoms with van der Waals surface area (Å²) in [6, 6.07) is 90.8. The number of fused-ring (bicyclic) bond motifs is 14. The molecule has 320 valence electrons. The molecule has 0 fully saturated rings. The molecule has 0 amide bonds. The molecule has 0 radical (unpaired) electrons. The summed E-state index contributed by atoms with van der Waals surface area (Å²) >= 11 is 0. The molecule has 0 N–H and O–H groups in total. The third-order valence-electron chi connectivity index (χ3n) is 15.4. The third-order valence-corrected chi connectivity index (χ3v) is 15.4. The Morgan fingerprint density at radius 2 is 0.868 bits per heavy atom. The van der Waals surface area contributed by atoms with Crippen molar-refractivity contribution in [3.05, 3.63) is 276 Å². The highest BCUT2D eigenvalue weighted by Crippen LogP contribution is 2.64. The molecule has 0 bridgehead atoms. The summed E-state index contributed by atoms with van der Waals surface area (Å²) in [5, 5.41) is 4.87. The zero-order valence-electron chi connectivity index (χ0n) is 38.0. The molecule has 1 heterocycles. The molecule has 0 saturated carbocycles. The number of hydrogen-bond acceptors (Lipinski definition) is 2. The Kier molecular flexibility index (Phi) is 8.28. The van der Waals surface area contributed by atoms with E-state index in [0.29, 0.717) is 0 Å². The highest BCUT2D eigenvalue weighted by atomic mass is 15.2. The molecular formula is C66H46N2. The minimum Gasteiger partial charge on any atom is -0.308 e.